The zero-order valence-corrected chi connectivity index (χ0v) is 13.8. The summed E-state index contributed by atoms with van der Waals surface area (Å²) >= 11 is 0. The first kappa shape index (κ1) is 16.7. The Morgan fingerprint density at radius 1 is 1.25 bits per heavy atom. The maximum Gasteiger partial charge on any atom is 0.138 e. The molecule has 0 aliphatic heterocycles. The minimum Gasteiger partial charge on any atom is -0.395 e. The molecule has 0 aliphatic rings. The molecule has 2 N–H and O–H groups in total. The van der Waals surface area contributed by atoms with Gasteiger partial charge >= 0.3 is 0 Å². The number of aliphatic hydroxyl groups is 1. The third-order valence-electron chi connectivity index (χ3n) is 3.26. The molecule has 5 nitrogen and oxygen atoms in total. The molecule has 0 atom stereocenters. The van der Waals surface area contributed by atoms with Crippen LogP contribution in [0.4, 0.5) is 11.6 Å². The van der Waals surface area contributed by atoms with Crippen LogP contribution in [-0.2, 0) is 5.41 Å². The van der Waals surface area contributed by atoms with E-state index in [1.54, 1.807) is 0 Å². The third-order valence-corrected chi connectivity index (χ3v) is 3.26. The van der Waals surface area contributed by atoms with Crippen molar-refractivity contribution < 1.29 is 5.11 Å². The lowest BCUT2D eigenvalue weighted by molar-refractivity contribution is 0.298. The smallest absolute Gasteiger partial charge is 0.138 e. The quantitative estimate of drug-likeness (QED) is 0.867. The Hall–Kier alpha value is -1.36. The zero-order chi connectivity index (χ0) is 15.5. The maximum atomic E-state index is 9.29. The third kappa shape index (κ3) is 3.60. The molecule has 0 fully saturated rings. The molecule has 1 aromatic rings. The van der Waals surface area contributed by atoms with Crippen LogP contribution >= 0.6 is 0 Å². The average molecular weight is 280 g/mol. The Balaban J connectivity index is 3.43. The maximum absolute atomic E-state index is 9.29. The van der Waals surface area contributed by atoms with Crippen molar-refractivity contribution in [3.63, 3.8) is 0 Å². The molecule has 0 saturated heterocycles. The van der Waals surface area contributed by atoms with E-state index < -0.39 is 0 Å². The summed E-state index contributed by atoms with van der Waals surface area (Å²) in [6, 6.07) is 0.272. The fraction of sp³-hybridized carbons (Fsp3) is 0.733. The van der Waals surface area contributed by atoms with Crippen LogP contribution in [0.1, 0.15) is 46.0 Å². The van der Waals surface area contributed by atoms with Crippen molar-refractivity contribution in [3.05, 3.63) is 11.4 Å². The van der Waals surface area contributed by atoms with Gasteiger partial charge in [-0.2, -0.15) is 0 Å². The molecule has 0 bridgehead atoms. The van der Waals surface area contributed by atoms with E-state index in [0.717, 1.165) is 23.0 Å². The summed E-state index contributed by atoms with van der Waals surface area (Å²) in [6.07, 6.45) is 0. The summed E-state index contributed by atoms with van der Waals surface area (Å²) in [6.45, 7) is 13.2. The molecule has 0 aromatic carbocycles. The lowest BCUT2D eigenvalue weighted by Crippen LogP contribution is -2.35. The van der Waals surface area contributed by atoms with E-state index in [0.29, 0.717) is 6.54 Å². The summed E-state index contributed by atoms with van der Waals surface area (Å²) in [7, 11) is 1.87. The molecule has 0 aliphatic carbocycles. The van der Waals surface area contributed by atoms with Crippen molar-refractivity contribution in [2.24, 2.45) is 0 Å². The van der Waals surface area contributed by atoms with Crippen molar-refractivity contribution in [1.82, 2.24) is 9.97 Å². The number of aliphatic hydroxyl groups excluding tert-OH is 1. The summed E-state index contributed by atoms with van der Waals surface area (Å²) < 4.78 is 0. The molecule has 0 unspecified atom stereocenters. The second kappa shape index (κ2) is 6.39. The standard InChI is InChI=1S/C15H28N4O/c1-10(2)19(8-9-20)13-11(3)12(16-7)17-14(18-13)15(4,5)6/h10,20H,8-9H2,1-7H3,(H,16,17,18). The zero-order valence-electron chi connectivity index (χ0n) is 13.8. The van der Waals surface area contributed by atoms with Gasteiger partial charge in [-0.15, -0.1) is 0 Å². The molecule has 0 spiro atoms. The Kier molecular flexibility index (Phi) is 5.34. The van der Waals surface area contributed by atoms with Crippen LogP contribution in [0.15, 0.2) is 0 Å². The summed E-state index contributed by atoms with van der Waals surface area (Å²) in [5, 5.41) is 12.4. The van der Waals surface area contributed by atoms with Gasteiger partial charge < -0.3 is 15.3 Å². The first-order chi connectivity index (χ1) is 9.22. The minimum atomic E-state index is -0.115. The van der Waals surface area contributed by atoms with Gasteiger partial charge in [-0.3, -0.25) is 0 Å². The second-order valence-electron chi connectivity index (χ2n) is 6.36. The molecule has 1 rings (SSSR count). The molecular formula is C15H28N4O. The molecule has 114 valence electrons. The van der Waals surface area contributed by atoms with Gasteiger partial charge in [-0.25, -0.2) is 9.97 Å². The van der Waals surface area contributed by atoms with Crippen LogP contribution in [0.25, 0.3) is 0 Å². The molecule has 1 heterocycles. The minimum absolute atomic E-state index is 0.112. The fourth-order valence-corrected chi connectivity index (χ4v) is 2.08. The van der Waals surface area contributed by atoms with E-state index in [9.17, 15) is 5.11 Å². The highest BCUT2D eigenvalue weighted by molar-refractivity contribution is 5.59. The number of aromatic nitrogens is 2. The average Bonchev–Trinajstić information content (AvgIpc) is 2.35. The number of rotatable bonds is 5. The molecule has 1 aromatic heterocycles. The highest BCUT2D eigenvalue weighted by Crippen LogP contribution is 2.29. The Morgan fingerprint density at radius 3 is 2.25 bits per heavy atom. The SMILES string of the molecule is CNc1nc(C(C)(C)C)nc(N(CCO)C(C)C)c1C. The van der Waals surface area contributed by atoms with Gasteiger partial charge in [0.1, 0.15) is 17.5 Å². The van der Waals surface area contributed by atoms with E-state index >= 15 is 0 Å². The predicted octanol–water partition coefficient (Wildman–Crippen LogP) is 2.33. The summed E-state index contributed by atoms with van der Waals surface area (Å²) in [4.78, 5) is 11.5. The van der Waals surface area contributed by atoms with Crippen molar-refractivity contribution in [2.45, 2.75) is 53.0 Å². The summed E-state index contributed by atoms with van der Waals surface area (Å²) in [5.74, 6) is 2.56. The van der Waals surface area contributed by atoms with Gasteiger partial charge in [0.15, 0.2) is 0 Å². The van der Waals surface area contributed by atoms with Crippen LogP contribution in [0.3, 0.4) is 0 Å². The highest BCUT2D eigenvalue weighted by atomic mass is 16.3. The van der Waals surface area contributed by atoms with Crippen molar-refractivity contribution in [1.29, 1.82) is 0 Å². The number of nitrogens with one attached hydrogen (secondary N) is 1. The fourth-order valence-electron chi connectivity index (χ4n) is 2.08. The van der Waals surface area contributed by atoms with Gasteiger partial charge in [-0.05, 0) is 20.8 Å². The lowest BCUT2D eigenvalue weighted by atomic mass is 9.95. The molecule has 0 radical (unpaired) electrons. The van der Waals surface area contributed by atoms with E-state index in [-0.39, 0.29) is 18.1 Å². The number of hydrogen-bond donors (Lipinski definition) is 2. The Morgan fingerprint density at radius 2 is 1.85 bits per heavy atom. The Bertz CT molecular complexity index is 452. The molecular weight excluding hydrogens is 252 g/mol. The summed E-state index contributed by atoms with van der Waals surface area (Å²) in [5.41, 5.74) is 0.901. The first-order valence-corrected chi connectivity index (χ1v) is 7.16. The first-order valence-electron chi connectivity index (χ1n) is 7.16. The van der Waals surface area contributed by atoms with Crippen LogP contribution in [0, 0.1) is 6.92 Å². The van der Waals surface area contributed by atoms with Crippen molar-refractivity contribution >= 4 is 11.6 Å². The van der Waals surface area contributed by atoms with Crippen LogP contribution in [-0.4, -0.2) is 41.3 Å². The van der Waals surface area contributed by atoms with Crippen molar-refractivity contribution in [3.8, 4) is 0 Å². The molecule has 5 heteroatoms. The number of hydrogen-bond acceptors (Lipinski definition) is 5. The second-order valence-corrected chi connectivity index (χ2v) is 6.36. The van der Waals surface area contributed by atoms with Crippen LogP contribution in [0.5, 0.6) is 0 Å². The van der Waals surface area contributed by atoms with Gasteiger partial charge in [0, 0.05) is 30.6 Å². The van der Waals surface area contributed by atoms with E-state index in [4.69, 9.17) is 4.98 Å². The number of anilines is 2. The topological polar surface area (TPSA) is 61.3 Å². The van der Waals surface area contributed by atoms with E-state index in [1.165, 1.54) is 0 Å². The number of nitrogens with zero attached hydrogens (tertiary/aromatic N) is 3. The highest BCUT2D eigenvalue weighted by Gasteiger charge is 2.24. The van der Waals surface area contributed by atoms with E-state index in [1.807, 2.05) is 14.0 Å². The largest absolute Gasteiger partial charge is 0.395 e. The van der Waals surface area contributed by atoms with Crippen molar-refractivity contribution in [2.75, 3.05) is 30.4 Å². The molecule has 0 saturated carbocycles. The lowest BCUT2D eigenvalue weighted by Gasteiger charge is -2.30. The van der Waals surface area contributed by atoms with Gasteiger partial charge in [-0.1, -0.05) is 20.8 Å². The molecule has 0 amide bonds. The van der Waals surface area contributed by atoms with Gasteiger partial charge in [0.05, 0.1) is 6.61 Å². The Labute approximate surface area is 122 Å². The van der Waals surface area contributed by atoms with Crippen LogP contribution in [0.2, 0.25) is 0 Å². The van der Waals surface area contributed by atoms with Gasteiger partial charge in [0.25, 0.3) is 0 Å². The predicted molar refractivity (Wildman–Crippen MR) is 84.6 cm³/mol. The van der Waals surface area contributed by atoms with Crippen LogP contribution < -0.4 is 10.2 Å². The van der Waals surface area contributed by atoms with E-state index in [2.05, 4.69) is 49.8 Å². The molecule has 20 heavy (non-hydrogen) atoms. The monoisotopic (exact) mass is 280 g/mol. The van der Waals surface area contributed by atoms with Gasteiger partial charge in [0.2, 0.25) is 0 Å². The normalized spacial score (nSPS) is 11.8.